The number of anilines is 1. The molecule has 25 heavy (non-hydrogen) atoms. The Morgan fingerprint density at radius 3 is 2.52 bits per heavy atom. The molecule has 0 unspecified atom stereocenters. The van der Waals surface area contributed by atoms with Gasteiger partial charge >= 0.3 is 0 Å². The molecule has 0 bridgehead atoms. The maximum atomic E-state index is 12.5. The van der Waals surface area contributed by atoms with Crippen LogP contribution in [0, 0.1) is 0 Å². The predicted octanol–water partition coefficient (Wildman–Crippen LogP) is 2.46. The Balaban J connectivity index is 2.07. The monoisotopic (exact) mass is 381 g/mol. The van der Waals surface area contributed by atoms with Crippen LogP contribution in [0.3, 0.4) is 0 Å². The summed E-state index contributed by atoms with van der Waals surface area (Å²) in [6, 6.07) is 9.94. The van der Waals surface area contributed by atoms with Crippen molar-refractivity contribution in [1.82, 2.24) is 9.21 Å². The lowest BCUT2D eigenvalue weighted by molar-refractivity contribution is -0.120. The average Bonchev–Trinajstić information content (AvgIpc) is 3.07. The third-order valence-corrected chi connectivity index (χ3v) is 6.58. The Kier molecular flexibility index (Phi) is 6.34. The second kappa shape index (κ2) is 8.09. The van der Waals surface area contributed by atoms with Gasteiger partial charge in [0.1, 0.15) is 0 Å². The molecule has 2 rings (SSSR count). The molecule has 1 amide bonds. The van der Waals surface area contributed by atoms with Crippen LogP contribution in [0.15, 0.2) is 46.7 Å². The lowest BCUT2D eigenvalue weighted by atomic mass is 10.2. The maximum Gasteiger partial charge on any atom is 0.242 e. The van der Waals surface area contributed by atoms with Gasteiger partial charge in [-0.25, -0.2) is 12.7 Å². The van der Waals surface area contributed by atoms with E-state index in [0.29, 0.717) is 12.2 Å². The highest BCUT2D eigenvalue weighted by atomic mass is 32.2. The molecular weight excluding hydrogens is 358 g/mol. The molecule has 0 fully saturated rings. The minimum absolute atomic E-state index is 0.148. The molecule has 136 valence electrons. The average molecular weight is 382 g/mol. The van der Waals surface area contributed by atoms with Crippen molar-refractivity contribution in [1.29, 1.82) is 0 Å². The fourth-order valence-corrected chi connectivity index (χ4v) is 3.89. The van der Waals surface area contributed by atoms with E-state index in [-0.39, 0.29) is 16.8 Å². The number of carbonyl (C=O) groups is 1. The highest BCUT2D eigenvalue weighted by Gasteiger charge is 2.20. The van der Waals surface area contributed by atoms with E-state index < -0.39 is 10.0 Å². The summed E-state index contributed by atoms with van der Waals surface area (Å²) in [5, 5.41) is 4.80. The van der Waals surface area contributed by atoms with Crippen molar-refractivity contribution in [3.05, 3.63) is 46.7 Å². The van der Waals surface area contributed by atoms with E-state index in [1.807, 2.05) is 36.4 Å². The highest BCUT2D eigenvalue weighted by Crippen LogP contribution is 2.19. The molecule has 0 aliphatic heterocycles. The van der Waals surface area contributed by atoms with Crippen LogP contribution in [-0.4, -0.2) is 50.7 Å². The second-order valence-corrected chi connectivity index (χ2v) is 9.16. The first-order chi connectivity index (χ1) is 11.7. The Morgan fingerprint density at radius 1 is 1.20 bits per heavy atom. The van der Waals surface area contributed by atoms with E-state index in [0.717, 1.165) is 4.31 Å². The van der Waals surface area contributed by atoms with Gasteiger partial charge in [-0.2, -0.15) is 0 Å². The first-order valence-electron chi connectivity index (χ1n) is 7.78. The van der Waals surface area contributed by atoms with E-state index in [2.05, 4.69) is 5.32 Å². The Morgan fingerprint density at radius 2 is 1.92 bits per heavy atom. The number of sulfonamides is 1. The van der Waals surface area contributed by atoms with Gasteiger partial charge in [0, 0.05) is 31.2 Å². The van der Waals surface area contributed by atoms with Crippen LogP contribution >= 0.6 is 11.3 Å². The third-order valence-electron chi connectivity index (χ3n) is 3.91. The van der Waals surface area contributed by atoms with Gasteiger partial charge in [0.05, 0.1) is 10.9 Å². The molecule has 8 heteroatoms. The molecule has 0 saturated heterocycles. The van der Waals surface area contributed by atoms with Crippen molar-refractivity contribution < 1.29 is 13.2 Å². The molecule has 0 saturated carbocycles. The van der Waals surface area contributed by atoms with Gasteiger partial charge in [0.15, 0.2) is 0 Å². The normalized spacial score (nSPS) is 13.2. The van der Waals surface area contributed by atoms with Gasteiger partial charge in [-0.05, 0) is 43.6 Å². The molecule has 0 spiro atoms. The molecule has 0 radical (unpaired) electrons. The zero-order valence-electron chi connectivity index (χ0n) is 14.8. The van der Waals surface area contributed by atoms with Crippen molar-refractivity contribution >= 4 is 33.0 Å². The fourth-order valence-electron chi connectivity index (χ4n) is 2.18. The summed E-state index contributed by atoms with van der Waals surface area (Å²) in [6.45, 7) is 2.50. The second-order valence-electron chi connectivity index (χ2n) is 5.97. The summed E-state index contributed by atoms with van der Waals surface area (Å²) in [5.41, 5.74) is 0.462. The molecule has 0 aliphatic carbocycles. The van der Waals surface area contributed by atoms with Crippen molar-refractivity contribution in [2.45, 2.75) is 24.4 Å². The number of hydrogen-bond acceptors (Lipinski definition) is 5. The lowest BCUT2D eigenvalue weighted by Crippen LogP contribution is -2.39. The van der Waals surface area contributed by atoms with Crippen molar-refractivity contribution in [2.75, 3.05) is 26.5 Å². The number of amides is 1. The smallest absolute Gasteiger partial charge is 0.242 e. The minimum Gasteiger partial charge on any atom is -0.325 e. The first-order valence-corrected chi connectivity index (χ1v) is 10.1. The zero-order valence-corrected chi connectivity index (χ0v) is 16.4. The minimum atomic E-state index is -3.53. The largest absolute Gasteiger partial charge is 0.325 e. The third kappa shape index (κ3) is 4.88. The zero-order chi connectivity index (χ0) is 18.6. The van der Waals surface area contributed by atoms with Gasteiger partial charge < -0.3 is 5.32 Å². The summed E-state index contributed by atoms with van der Waals surface area (Å²) in [6.07, 6.45) is 0. The molecule has 1 atom stereocenters. The van der Waals surface area contributed by atoms with E-state index in [1.165, 1.54) is 31.1 Å². The van der Waals surface area contributed by atoms with Crippen LogP contribution in [0.5, 0.6) is 0 Å². The highest BCUT2D eigenvalue weighted by molar-refractivity contribution is 7.89. The van der Waals surface area contributed by atoms with E-state index >= 15 is 0 Å². The summed E-state index contributed by atoms with van der Waals surface area (Å²) in [4.78, 5) is 15.7. The lowest BCUT2D eigenvalue weighted by Gasteiger charge is -2.23. The number of rotatable bonds is 7. The molecule has 1 aromatic carbocycles. The van der Waals surface area contributed by atoms with Crippen LogP contribution < -0.4 is 5.32 Å². The number of hydrogen-bond donors (Lipinski definition) is 1. The molecule has 1 heterocycles. The van der Waals surface area contributed by atoms with Crippen LogP contribution in [0.4, 0.5) is 5.69 Å². The number of carbonyl (C=O) groups excluding carboxylic acids is 1. The summed E-state index contributed by atoms with van der Waals surface area (Å²) >= 11 is 1.65. The summed E-state index contributed by atoms with van der Waals surface area (Å²) in [5.74, 6) is -0.182. The molecule has 1 N–H and O–H groups in total. The van der Waals surface area contributed by atoms with Gasteiger partial charge in [0.25, 0.3) is 0 Å². The van der Waals surface area contributed by atoms with Crippen LogP contribution in [0.1, 0.15) is 11.8 Å². The molecule has 0 aliphatic rings. The summed E-state index contributed by atoms with van der Waals surface area (Å²) in [7, 11) is 1.30. The van der Waals surface area contributed by atoms with Crippen molar-refractivity contribution in [3.63, 3.8) is 0 Å². The SMILES string of the molecule is C[C@@H](C(=O)Nc1cccc(S(=O)(=O)N(C)C)c1)N(C)Cc1cccs1. The van der Waals surface area contributed by atoms with Crippen molar-refractivity contribution in [2.24, 2.45) is 0 Å². The van der Waals surface area contributed by atoms with Gasteiger partial charge in [-0.15, -0.1) is 11.3 Å². The number of nitrogens with one attached hydrogen (secondary N) is 1. The number of thiophene rings is 1. The van der Waals surface area contributed by atoms with Gasteiger partial charge in [-0.3, -0.25) is 9.69 Å². The van der Waals surface area contributed by atoms with Gasteiger partial charge in [0.2, 0.25) is 15.9 Å². The van der Waals surface area contributed by atoms with Crippen molar-refractivity contribution in [3.8, 4) is 0 Å². The first kappa shape index (κ1) is 19.6. The quantitative estimate of drug-likeness (QED) is 0.800. The maximum absolute atomic E-state index is 12.5. The Hall–Kier alpha value is -1.74. The standard InChI is InChI=1S/C17H23N3O3S2/c1-13(20(4)12-15-8-6-10-24-15)17(21)18-14-7-5-9-16(11-14)25(22,23)19(2)3/h5-11,13H,12H2,1-4H3,(H,18,21)/t13-/m0/s1. The molecule has 6 nitrogen and oxygen atoms in total. The van der Waals surface area contributed by atoms with E-state index in [4.69, 9.17) is 0 Å². The van der Waals surface area contributed by atoms with Gasteiger partial charge in [-0.1, -0.05) is 12.1 Å². The van der Waals surface area contributed by atoms with Crippen LogP contribution in [-0.2, 0) is 21.4 Å². The van der Waals surface area contributed by atoms with E-state index in [1.54, 1.807) is 23.5 Å². The van der Waals surface area contributed by atoms with E-state index in [9.17, 15) is 13.2 Å². The molecule has 2 aromatic rings. The predicted molar refractivity (Wildman–Crippen MR) is 101 cm³/mol. The number of likely N-dealkylation sites (N-methyl/N-ethyl adjacent to an activating group) is 1. The summed E-state index contributed by atoms with van der Waals surface area (Å²) < 4.78 is 25.5. The molecule has 1 aromatic heterocycles. The topological polar surface area (TPSA) is 69.7 Å². The van der Waals surface area contributed by atoms with Crippen LogP contribution in [0.2, 0.25) is 0 Å². The Labute approximate surface area is 153 Å². The van der Waals surface area contributed by atoms with Crippen LogP contribution in [0.25, 0.3) is 0 Å². The number of benzene rings is 1. The number of nitrogens with zero attached hydrogens (tertiary/aromatic N) is 2. The fraction of sp³-hybridized carbons (Fsp3) is 0.353. The Bertz CT molecular complexity index is 817. The molecular formula is C17H23N3O3S2.